The van der Waals surface area contributed by atoms with Crippen LogP contribution in [-0.2, 0) is 9.84 Å². The van der Waals surface area contributed by atoms with Crippen molar-refractivity contribution in [3.8, 4) is 0 Å². The van der Waals surface area contributed by atoms with Gasteiger partial charge >= 0.3 is 0 Å². The van der Waals surface area contributed by atoms with E-state index in [1.807, 2.05) is 0 Å². The molecule has 2 unspecified atom stereocenters. The fraction of sp³-hybridized carbons (Fsp3) is 0.923. The molecule has 2 atom stereocenters. The molecule has 1 heterocycles. The van der Waals surface area contributed by atoms with Crippen LogP contribution >= 0.6 is 24.0 Å². The molecule has 0 amide bonds. The maximum atomic E-state index is 11.4. The molecule has 0 aromatic carbocycles. The van der Waals surface area contributed by atoms with Crippen molar-refractivity contribution in [2.45, 2.75) is 38.8 Å². The second kappa shape index (κ2) is 9.83. The SMILES string of the molecule is CCC(C)N(C)CCNC(=NC)NC1CCS(=O)(=O)C1.I. The second-order valence-electron chi connectivity index (χ2n) is 5.48. The zero-order valence-corrected chi connectivity index (χ0v) is 16.6. The third-order valence-electron chi connectivity index (χ3n) is 3.90. The highest BCUT2D eigenvalue weighted by molar-refractivity contribution is 14.0. The van der Waals surface area contributed by atoms with E-state index in [0.29, 0.717) is 18.4 Å². The van der Waals surface area contributed by atoms with Crippen molar-refractivity contribution in [2.24, 2.45) is 4.99 Å². The molecular formula is C13H29IN4O2S. The number of halogens is 1. The lowest BCUT2D eigenvalue weighted by Gasteiger charge is -2.24. The van der Waals surface area contributed by atoms with E-state index in [0.717, 1.165) is 19.5 Å². The summed E-state index contributed by atoms with van der Waals surface area (Å²) >= 11 is 0. The summed E-state index contributed by atoms with van der Waals surface area (Å²) in [6.45, 7) is 6.10. The quantitative estimate of drug-likeness (QED) is 0.367. The van der Waals surface area contributed by atoms with Gasteiger partial charge in [0.1, 0.15) is 0 Å². The number of aliphatic imine (C=N–C) groups is 1. The third-order valence-corrected chi connectivity index (χ3v) is 5.67. The van der Waals surface area contributed by atoms with Crippen molar-refractivity contribution in [3.05, 3.63) is 0 Å². The number of hydrogen-bond acceptors (Lipinski definition) is 4. The van der Waals surface area contributed by atoms with Gasteiger partial charge in [0.25, 0.3) is 0 Å². The summed E-state index contributed by atoms with van der Waals surface area (Å²) in [7, 11) is 0.961. The topological polar surface area (TPSA) is 73.8 Å². The van der Waals surface area contributed by atoms with Crippen molar-refractivity contribution in [2.75, 3.05) is 38.7 Å². The van der Waals surface area contributed by atoms with E-state index in [1.54, 1.807) is 7.05 Å². The number of guanidine groups is 1. The lowest BCUT2D eigenvalue weighted by Crippen LogP contribution is -2.46. The Kier molecular flexibility index (Phi) is 9.79. The zero-order valence-electron chi connectivity index (χ0n) is 13.4. The van der Waals surface area contributed by atoms with Gasteiger partial charge in [-0.25, -0.2) is 8.42 Å². The van der Waals surface area contributed by atoms with Crippen molar-refractivity contribution >= 4 is 39.8 Å². The molecule has 21 heavy (non-hydrogen) atoms. The molecule has 0 spiro atoms. The van der Waals surface area contributed by atoms with Crippen LogP contribution in [0.25, 0.3) is 0 Å². The Bertz CT molecular complexity index is 428. The highest BCUT2D eigenvalue weighted by Crippen LogP contribution is 2.10. The largest absolute Gasteiger partial charge is 0.355 e. The molecule has 0 aromatic heterocycles. The number of nitrogens with one attached hydrogen (secondary N) is 2. The van der Waals surface area contributed by atoms with Crippen LogP contribution in [0.1, 0.15) is 26.7 Å². The number of nitrogens with zero attached hydrogens (tertiary/aromatic N) is 2. The van der Waals surface area contributed by atoms with E-state index in [-0.39, 0.29) is 41.5 Å². The first-order valence-corrected chi connectivity index (χ1v) is 9.08. The van der Waals surface area contributed by atoms with Gasteiger partial charge in [0, 0.05) is 32.2 Å². The standard InChI is InChI=1S/C13H28N4O2S.HI/c1-5-11(2)17(4)8-7-15-13(14-3)16-12-6-9-20(18,19)10-12;/h11-12H,5-10H2,1-4H3,(H2,14,15,16);1H. The number of likely N-dealkylation sites (N-methyl/N-ethyl adjacent to an activating group) is 1. The van der Waals surface area contributed by atoms with Crippen LogP contribution < -0.4 is 10.6 Å². The molecule has 1 saturated heterocycles. The first-order valence-electron chi connectivity index (χ1n) is 7.25. The van der Waals surface area contributed by atoms with E-state index in [4.69, 9.17) is 0 Å². The van der Waals surface area contributed by atoms with Crippen molar-refractivity contribution < 1.29 is 8.42 Å². The first-order chi connectivity index (χ1) is 9.38. The first kappa shape index (κ1) is 20.9. The average molecular weight is 432 g/mol. The minimum Gasteiger partial charge on any atom is -0.355 e. The Morgan fingerprint density at radius 1 is 1.48 bits per heavy atom. The summed E-state index contributed by atoms with van der Waals surface area (Å²) in [6, 6.07) is 0.547. The highest BCUT2D eigenvalue weighted by atomic mass is 127. The molecule has 1 rings (SSSR count). The molecule has 8 heteroatoms. The molecule has 1 aliphatic heterocycles. The Morgan fingerprint density at radius 2 is 2.14 bits per heavy atom. The van der Waals surface area contributed by atoms with Crippen LogP contribution in [-0.4, -0.2) is 70.1 Å². The molecular weight excluding hydrogens is 403 g/mol. The van der Waals surface area contributed by atoms with Crippen LogP contribution in [0.4, 0.5) is 0 Å². The molecule has 2 N–H and O–H groups in total. The van der Waals surface area contributed by atoms with Gasteiger partial charge in [0.2, 0.25) is 0 Å². The van der Waals surface area contributed by atoms with Crippen molar-refractivity contribution in [1.29, 1.82) is 0 Å². The van der Waals surface area contributed by atoms with Gasteiger partial charge in [0.15, 0.2) is 15.8 Å². The minimum absolute atomic E-state index is 0. The van der Waals surface area contributed by atoms with Crippen LogP contribution in [0, 0.1) is 0 Å². The fourth-order valence-corrected chi connectivity index (χ4v) is 3.85. The number of hydrogen-bond donors (Lipinski definition) is 2. The highest BCUT2D eigenvalue weighted by Gasteiger charge is 2.28. The summed E-state index contributed by atoms with van der Waals surface area (Å²) in [5.41, 5.74) is 0. The maximum absolute atomic E-state index is 11.4. The van der Waals surface area contributed by atoms with Gasteiger partial charge in [-0.05, 0) is 26.8 Å². The Morgan fingerprint density at radius 3 is 2.62 bits per heavy atom. The van der Waals surface area contributed by atoms with Crippen LogP contribution in [0.15, 0.2) is 4.99 Å². The van der Waals surface area contributed by atoms with E-state index < -0.39 is 9.84 Å². The Balaban J connectivity index is 0.00000400. The van der Waals surface area contributed by atoms with E-state index in [9.17, 15) is 8.42 Å². The molecule has 6 nitrogen and oxygen atoms in total. The Labute approximate surface area is 146 Å². The minimum atomic E-state index is -2.85. The van der Waals surface area contributed by atoms with Gasteiger partial charge in [0.05, 0.1) is 11.5 Å². The summed E-state index contributed by atoms with van der Waals surface area (Å²) in [5, 5.41) is 6.42. The summed E-state index contributed by atoms with van der Waals surface area (Å²) in [4.78, 5) is 6.43. The molecule has 0 radical (unpaired) electrons. The normalized spacial score (nSPS) is 22.7. The van der Waals surface area contributed by atoms with Gasteiger partial charge < -0.3 is 15.5 Å². The predicted molar refractivity (Wildman–Crippen MR) is 99.4 cm³/mol. The zero-order chi connectivity index (χ0) is 15.2. The lowest BCUT2D eigenvalue weighted by atomic mass is 10.2. The van der Waals surface area contributed by atoms with E-state index >= 15 is 0 Å². The molecule has 1 aliphatic rings. The molecule has 1 fully saturated rings. The van der Waals surface area contributed by atoms with Gasteiger partial charge in [-0.3, -0.25) is 4.99 Å². The summed E-state index contributed by atoms with van der Waals surface area (Å²) in [5.74, 6) is 1.17. The summed E-state index contributed by atoms with van der Waals surface area (Å²) in [6.07, 6.45) is 1.79. The smallest absolute Gasteiger partial charge is 0.191 e. The predicted octanol–water partition coefficient (Wildman–Crippen LogP) is 0.687. The van der Waals surface area contributed by atoms with E-state index in [2.05, 4.69) is 41.4 Å². The van der Waals surface area contributed by atoms with Crippen LogP contribution in [0.5, 0.6) is 0 Å². The molecule has 0 saturated carbocycles. The van der Waals surface area contributed by atoms with Crippen molar-refractivity contribution in [3.63, 3.8) is 0 Å². The maximum Gasteiger partial charge on any atom is 0.191 e. The molecule has 0 aromatic rings. The molecule has 0 aliphatic carbocycles. The summed E-state index contributed by atoms with van der Waals surface area (Å²) < 4.78 is 22.8. The van der Waals surface area contributed by atoms with Gasteiger partial charge in [-0.1, -0.05) is 6.92 Å². The lowest BCUT2D eigenvalue weighted by molar-refractivity contribution is 0.255. The van der Waals surface area contributed by atoms with E-state index in [1.165, 1.54) is 0 Å². The van der Waals surface area contributed by atoms with Crippen LogP contribution in [0.2, 0.25) is 0 Å². The van der Waals surface area contributed by atoms with Crippen molar-refractivity contribution in [1.82, 2.24) is 15.5 Å². The second-order valence-corrected chi connectivity index (χ2v) is 7.71. The van der Waals surface area contributed by atoms with Gasteiger partial charge in [-0.2, -0.15) is 0 Å². The number of rotatable bonds is 6. The third kappa shape index (κ3) is 7.64. The average Bonchev–Trinajstić information content (AvgIpc) is 2.75. The molecule has 0 bridgehead atoms. The number of sulfone groups is 1. The van der Waals surface area contributed by atoms with Crippen LogP contribution in [0.3, 0.4) is 0 Å². The Hall–Kier alpha value is -0.0900. The monoisotopic (exact) mass is 432 g/mol. The molecule has 126 valence electrons. The fourth-order valence-electron chi connectivity index (χ4n) is 2.18. The van der Waals surface area contributed by atoms with Gasteiger partial charge in [-0.15, -0.1) is 24.0 Å².